The Bertz CT molecular complexity index is 210. The molecule has 1 heterocycles. The molecule has 54 valence electrons. The maximum absolute atomic E-state index is 5.36. The zero-order chi connectivity index (χ0) is 7.40. The van der Waals surface area contributed by atoms with Gasteiger partial charge in [-0.1, -0.05) is 13.5 Å². The minimum atomic E-state index is 0.864. The number of rotatable bonds is 3. The molecule has 0 spiro atoms. The Morgan fingerprint density at radius 1 is 1.60 bits per heavy atom. The Labute approximate surface area is 61.4 Å². The summed E-state index contributed by atoms with van der Waals surface area (Å²) in [4.78, 5) is 0. The fraction of sp³-hybridized carbons (Fsp3) is 0.333. The van der Waals surface area contributed by atoms with Crippen molar-refractivity contribution in [2.24, 2.45) is 0 Å². The molecule has 0 N–H and O–H groups in total. The number of hydrogen-bond donors (Lipinski definition) is 0. The Hall–Kier alpha value is -0.980. The molecule has 0 aliphatic heterocycles. The summed E-state index contributed by atoms with van der Waals surface area (Å²) in [6.07, 6.45) is 3.87. The van der Waals surface area contributed by atoms with Crippen molar-refractivity contribution in [1.29, 1.82) is 0 Å². The van der Waals surface area contributed by atoms with E-state index < -0.39 is 0 Å². The van der Waals surface area contributed by atoms with Crippen LogP contribution in [0.3, 0.4) is 0 Å². The van der Waals surface area contributed by atoms with Crippen molar-refractivity contribution in [2.75, 3.05) is 0 Å². The molecule has 0 aromatic carbocycles. The molecule has 0 amide bonds. The quantitative estimate of drug-likeness (QED) is 0.622. The first-order valence-electron chi connectivity index (χ1n) is 3.58. The van der Waals surface area contributed by atoms with E-state index in [1.54, 1.807) is 6.08 Å². The molecule has 1 aromatic heterocycles. The largest absolute Gasteiger partial charge is 0.462 e. The lowest BCUT2D eigenvalue weighted by atomic mass is 10.3. The Balaban J connectivity index is 2.68. The van der Waals surface area contributed by atoms with Crippen molar-refractivity contribution >= 4 is 6.08 Å². The molecule has 0 saturated carbocycles. The van der Waals surface area contributed by atoms with Gasteiger partial charge in [-0.15, -0.1) is 0 Å². The second-order valence-electron chi connectivity index (χ2n) is 2.26. The minimum absolute atomic E-state index is 0.864. The van der Waals surface area contributed by atoms with Crippen molar-refractivity contribution in [2.45, 2.75) is 19.8 Å². The smallest absolute Gasteiger partial charge is 0.126 e. The molecular weight excluding hydrogens is 124 g/mol. The molecule has 0 saturated heterocycles. The fourth-order valence-electron chi connectivity index (χ4n) is 0.885. The summed E-state index contributed by atoms with van der Waals surface area (Å²) < 4.78 is 5.36. The van der Waals surface area contributed by atoms with E-state index in [1.165, 1.54) is 0 Å². The maximum atomic E-state index is 5.36. The summed E-state index contributed by atoms with van der Waals surface area (Å²) in [5.41, 5.74) is 0. The molecule has 0 fully saturated rings. The van der Waals surface area contributed by atoms with Crippen LogP contribution in [0.15, 0.2) is 23.1 Å². The van der Waals surface area contributed by atoms with E-state index in [9.17, 15) is 0 Å². The van der Waals surface area contributed by atoms with Crippen LogP contribution in [0.25, 0.3) is 6.08 Å². The van der Waals surface area contributed by atoms with E-state index >= 15 is 0 Å². The lowest BCUT2D eigenvalue weighted by molar-refractivity contribution is 0.498. The zero-order valence-electron chi connectivity index (χ0n) is 6.26. The highest BCUT2D eigenvalue weighted by Crippen LogP contribution is 2.10. The van der Waals surface area contributed by atoms with Gasteiger partial charge in [0.2, 0.25) is 0 Å². The van der Waals surface area contributed by atoms with Crippen molar-refractivity contribution in [3.63, 3.8) is 0 Å². The van der Waals surface area contributed by atoms with Gasteiger partial charge in [-0.3, -0.25) is 0 Å². The van der Waals surface area contributed by atoms with Gasteiger partial charge >= 0.3 is 0 Å². The van der Waals surface area contributed by atoms with Gasteiger partial charge in [0.25, 0.3) is 0 Å². The van der Waals surface area contributed by atoms with Gasteiger partial charge < -0.3 is 4.42 Å². The van der Waals surface area contributed by atoms with Crippen LogP contribution in [0.5, 0.6) is 0 Å². The summed E-state index contributed by atoms with van der Waals surface area (Å²) in [6, 6.07) is 3.94. The highest BCUT2D eigenvalue weighted by molar-refractivity contribution is 5.39. The van der Waals surface area contributed by atoms with E-state index in [1.807, 2.05) is 12.1 Å². The Morgan fingerprint density at radius 2 is 2.40 bits per heavy atom. The first-order valence-corrected chi connectivity index (χ1v) is 3.58. The minimum Gasteiger partial charge on any atom is -0.462 e. The average molecular weight is 136 g/mol. The molecule has 0 aliphatic carbocycles. The van der Waals surface area contributed by atoms with Crippen LogP contribution in [0.1, 0.15) is 24.9 Å². The van der Waals surface area contributed by atoms with E-state index in [4.69, 9.17) is 4.42 Å². The molecule has 1 nitrogen and oxygen atoms in total. The molecule has 0 aliphatic rings. The van der Waals surface area contributed by atoms with Gasteiger partial charge in [-0.25, -0.2) is 0 Å². The lowest BCUT2D eigenvalue weighted by Gasteiger charge is -1.88. The van der Waals surface area contributed by atoms with E-state index in [0.717, 1.165) is 24.4 Å². The van der Waals surface area contributed by atoms with Crippen LogP contribution in [0, 0.1) is 0 Å². The summed E-state index contributed by atoms with van der Waals surface area (Å²) in [6.45, 7) is 5.75. The van der Waals surface area contributed by atoms with Crippen molar-refractivity contribution in [1.82, 2.24) is 0 Å². The van der Waals surface area contributed by atoms with E-state index in [2.05, 4.69) is 13.5 Å². The molecule has 0 radical (unpaired) electrons. The van der Waals surface area contributed by atoms with Crippen LogP contribution < -0.4 is 0 Å². The predicted octanol–water partition coefficient (Wildman–Crippen LogP) is 2.88. The topological polar surface area (TPSA) is 13.1 Å². The molecule has 0 atom stereocenters. The molecule has 0 unspecified atom stereocenters. The molecule has 1 rings (SSSR count). The number of furan rings is 1. The van der Waals surface area contributed by atoms with Gasteiger partial charge in [-0.05, 0) is 24.6 Å². The molecule has 1 heteroatoms. The van der Waals surface area contributed by atoms with E-state index in [-0.39, 0.29) is 0 Å². The third-order valence-corrected chi connectivity index (χ3v) is 1.38. The molecular formula is C9H12O. The monoisotopic (exact) mass is 136 g/mol. The average Bonchev–Trinajstić information content (AvgIpc) is 2.37. The van der Waals surface area contributed by atoms with Gasteiger partial charge in [0.1, 0.15) is 11.5 Å². The Kier molecular flexibility index (Phi) is 2.32. The highest BCUT2D eigenvalue weighted by atomic mass is 16.3. The predicted molar refractivity (Wildman–Crippen MR) is 42.8 cm³/mol. The third-order valence-electron chi connectivity index (χ3n) is 1.38. The highest BCUT2D eigenvalue weighted by Gasteiger charge is 1.95. The summed E-state index contributed by atoms with van der Waals surface area (Å²) in [7, 11) is 0. The third kappa shape index (κ3) is 1.50. The van der Waals surface area contributed by atoms with Gasteiger partial charge in [0.15, 0.2) is 0 Å². The summed E-state index contributed by atoms with van der Waals surface area (Å²) >= 11 is 0. The maximum Gasteiger partial charge on any atom is 0.126 e. The second-order valence-corrected chi connectivity index (χ2v) is 2.26. The fourth-order valence-corrected chi connectivity index (χ4v) is 0.885. The normalized spacial score (nSPS) is 9.70. The van der Waals surface area contributed by atoms with Gasteiger partial charge in [-0.2, -0.15) is 0 Å². The van der Waals surface area contributed by atoms with Crippen LogP contribution in [-0.4, -0.2) is 0 Å². The lowest BCUT2D eigenvalue weighted by Crippen LogP contribution is -1.74. The van der Waals surface area contributed by atoms with Gasteiger partial charge in [0.05, 0.1) is 0 Å². The summed E-state index contributed by atoms with van der Waals surface area (Å²) in [5, 5.41) is 0. The number of aryl methyl sites for hydroxylation is 1. The van der Waals surface area contributed by atoms with Crippen LogP contribution in [-0.2, 0) is 6.42 Å². The van der Waals surface area contributed by atoms with Crippen molar-refractivity contribution < 1.29 is 4.42 Å². The second kappa shape index (κ2) is 3.25. The zero-order valence-corrected chi connectivity index (χ0v) is 6.26. The molecule has 1 aromatic rings. The first kappa shape index (κ1) is 7.13. The van der Waals surface area contributed by atoms with Crippen molar-refractivity contribution in [3.05, 3.63) is 30.2 Å². The summed E-state index contributed by atoms with van der Waals surface area (Å²) in [5.74, 6) is 1.92. The van der Waals surface area contributed by atoms with Crippen LogP contribution in [0.2, 0.25) is 0 Å². The number of hydrogen-bond acceptors (Lipinski definition) is 1. The van der Waals surface area contributed by atoms with Crippen LogP contribution >= 0.6 is 0 Å². The van der Waals surface area contributed by atoms with Crippen LogP contribution in [0.4, 0.5) is 0 Å². The standard InChI is InChI=1S/C9H12O/c1-3-5-9-7-6-8(4-2)10-9/h4,6-7H,2-3,5H2,1H3. The Morgan fingerprint density at radius 3 is 2.90 bits per heavy atom. The van der Waals surface area contributed by atoms with E-state index in [0.29, 0.717) is 0 Å². The molecule has 10 heavy (non-hydrogen) atoms. The first-order chi connectivity index (χ1) is 4.86. The SMILES string of the molecule is C=Cc1ccc(CCC)o1. The molecule has 0 bridgehead atoms. The van der Waals surface area contributed by atoms with Crippen molar-refractivity contribution in [3.8, 4) is 0 Å². The van der Waals surface area contributed by atoms with Gasteiger partial charge in [0, 0.05) is 6.42 Å².